The van der Waals surface area contributed by atoms with Crippen LogP contribution in [0, 0.1) is 0 Å². The summed E-state index contributed by atoms with van der Waals surface area (Å²) in [5.41, 5.74) is 2.38. The number of carbonyl (C=O) groups is 1. The highest BCUT2D eigenvalue weighted by molar-refractivity contribution is 5.89. The Morgan fingerprint density at radius 2 is 2.16 bits per heavy atom. The Balaban J connectivity index is 1.81. The van der Waals surface area contributed by atoms with E-state index in [1.807, 2.05) is 30.3 Å². The normalized spacial score (nSPS) is 10.5. The quantitative estimate of drug-likeness (QED) is 0.729. The minimum absolute atomic E-state index is 0.243. The number of aromatic nitrogens is 2. The van der Waals surface area contributed by atoms with Crippen molar-refractivity contribution in [3.8, 4) is 0 Å². The van der Waals surface area contributed by atoms with E-state index >= 15 is 0 Å². The third-order valence-electron chi connectivity index (χ3n) is 2.93. The maximum Gasteiger partial charge on any atom is 0.340 e. The third-order valence-corrected chi connectivity index (χ3v) is 2.93. The molecule has 0 amide bonds. The van der Waals surface area contributed by atoms with Gasteiger partial charge in [-0.3, -0.25) is 4.98 Å². The van der Waals surface area contributed by atoms with Crippen molar-refractivity contribution in [2.75, 3.05) is 0 Å². The molecule has 19 heavy (non-hydrogen) atoms. The van der Waals surface area contributed by atoms with Crippen LogP contribution in [0.3, 0.4) is 0 Å². The molecule has 0 spiro atoms. The monoisotopic (exact) mass is 252 g/mol. The number of fused-ring (bicyclic) bond motifs is 1. The van der Waals surface area contributed by atoms with E-state index in [1.54, 1.807) is 24.7 Å². The lowest BCUT2D eigenvalue weighted by Crippen LogP contribution is -2.04. The Labute approximate surface area is 110 Å². The van der Waals surface area contributed by atoms with Gasteiger partial charge in [-0.25, -0.2) is 4.79 Å². The summed E-state index contributed by atoms with van der Waals surface area (Å²) < 4.78 is 5.29. The molecule has 1 aromatic carbocycles. The van der Waals surface area contributed by atoms with Crippen LogP contribution in [0.5, 0.6) is 0 Å². The second-order valence-corrected chi connectivity index (χ2v) is 4.16. The number of esters is 1. The van der Waals surface area contributed by atoms with Crippen LogP contribution < -0.4 is 0 Å². The Hall–Kier alpha value is -2.62. The number of hydrogen-bond acceptors (Lipinski definition) is 3. The predicted octanol–water partition coefficient (Wildman–Crippen LogP) is 2.92. The zero-order valence-electron chi connectivity index (χ0n) is 10.2. The van der Waals surface area contributed by atoms with Crippen molar-refractivity contribution in [1.29, 1.82) is 0 Å². The van der Waals surface area contributed by atoms with Crippen molar-refractivity contribution in [1.82, 2.24) is 9.97 Å². The van der Waals surface area contributed by atoms with Crippen molar-refractivity contribution in [3.05, 3.63) is 66.1 Å². The van der Waals surface area contributed by atoms with Crippen LogP contribution in [0.1, 0.15) is 15.9 Å². The van der Waals surface area contributed by atoms with E-state index in [1.165, 1.54) is 0 Å². The smallest absolute Gasteiger partial charge is 0.340 e. The average Bonchev–Trinajstić information content (AvgIpc) is 2.99. The van der Waals surface area contributed by atoms with E-state index in [0.717, 1.165) is 16.5 Å². The lowest BCUT2D eigenvalue weighted by atomic mass is 10.1. The van der Waals surface area contributed by atoms with Gasteiger partial charge in [0.15, 0.2) is 0 Å². The molecular formula is C15H12N2O2. The van der Waals surface area contributed by atoms with Gasteiger partial charge in [0.05, 0.1) is 11.1 Å². The highest BCUT2D eigenvalue weighted by Crippen LogP contribution is 2.17. The molecule has 2 heterocycles. The first kappa shape index (κ1) is 11.5. The van der Waals surface area contributed by atoms with Gasteiger partial charge in [-0.05, 0) is 23.8 Å². The van der Waals surface area contributed by atoms with Gasteiger partial charge in [0.25, 0.3) is 0 Å². The van der Waals surface area contributed by atoms with E-state index in [0.29, 0.717) is 5.56 Å². The molecular weight excluding hydrogens is 240 g/mol. The van der Waals surface area contributed by atoms with Gasteiger partial charge in [0.2, 0.25) is 0 Å². The predicted molar refractivity (Wildman–Crippen MR) is 71.7 cm³/mol. The number of hydrogen-bond donors (Lipinski definition) is 1. The molecule has 0 saturated carbocycles. The molecule has 4 heteroatoms. The van der Waals surface area contributed by atoms with Gasteiger partial charge < -0.3 is 9.72 Å². The van der Waals surface area contributed by atoms with E-state index in [2.05, 4.69) is 9.97 Å². The zero-order valence-corrected chi connectivity index (χ0v) is 10.2. The molecule has 1 N–H and O–H groups in total. The van der Waals surface area contributed by atoms with Gasteiger partial charge in [-0.1, -0.05) is 18.2 Å². The maximum absolute atomic E-state index is 11.8. The summed E-state index contributed by atoms with van der Waals surface area (Å²) in [5, 5.41) is 1.01. The Bertz CT molecular complexity index is 700. The molecule has 0 aliphatic heterocycles. The van der Waals surface area contributed by atoms with Crippen molar-refractivity contribution < 1.29 is 9.53 Å². The Kier molecular flexibility index (Phi) is 2.98. The number of nitrogens with zero attached hydrogens (tertiary/aromatic N) is 1. The Morgan fingerprint density at radius 1 is 1.21 bits per heavy atom. The van der Waals surface area contributed by atoms with Crippen molar-refractivity contribution in [2.24, 2.45) is 0 Å². The van der Waals surface area contributed by atoms with E-state index < -0.39 is 0 Å². The fourth-order valence-corrected chi connectivity index (χ4v) is 1.97. The number of carbonyl (C=O) groups excluding carboxylic acids is 1. The number of pyridine rings is 1. The van der Waals surface area contributed by atoms with Gasteiger partial charge in [-0.15, -0.1) is 0 Å². The van der Waals surface area contributed by atoms with E-state index in [4.69, 9.17) is 4.74 Å². The standard InChI is InChI=1S/C15H12N2O2/c18-15(11-6-8-16-9-11)19-10-12-3-1-5-14-13(12)4-2-7-17-14/h1-9,16H,10H2. The van der Waals surface area contributed by atoms with E-state index in [9.17, 15) is 4.79 Å². The number of ether oxygens (including phenoxy) is 1. The van der Waals surface area contributed by atoms with Gasteiger partial charge in [0, 0.05) is 24.0 Å². The third kappa shape index (κ3) is 2.33. The van der Waals surface area contributed by atoms with Gasteiger partial charge in [0.1, 0.15) is 6.61 Å². The molecule has 0 unspecified atom stereocenters. The first-order chi connectivity index (χ1) is 9.34. The van der Waals surface area contributed by atoms with Crippen LogP contribution in [0.25, 0.3) is 10.9 Å². The van der Waals surface area contributed by atoms with Crippen LogP contribution in [-0.4, -0.2) is 15.9 Å². The number of benzene rings is 1. The topological polar surface area (TPSA) is 55.0 Å². The van der Waals surface area contributed by atoms with Crippen LogP contribution in [-0.2, 0) is 11.3 Å². The number of H-pyrrole nitrogens is 1. The lowest BCUT2D eigenvalue weighted by Gasteiger charge is -2.06. The molecule has 0 fully saturated rings. The van der Waals surface area contributed by atoms with E-state index in [-0.39, 0.29) is 12.6 Å². The molecule has 4 nitrogen and oxygen atoms in total. The second kappa shape index (κ2) is 4.94. The summed E-state index contributed by atoms with van der Waals surface area (Å²) in [5.74, 6) is -0.331. The molecule has 0 aliphatic rings. The minimum atomic E-state index is -0.331. The summed E-state index contributed by atoms with van der Waals surface area (Å²) in [4.78, 5) is 18.9. The fourth-order valence-electron chi connectivity index (χ4n) is 1.97. The highest BCUT2D eigenvalue weighted by Gasteiger charge is 2.08. The van der Waals surface area contributed by atoms with Crippen LogP contribution in [0.4, 0.5) is 0 Å². The van der Waals surface area contributed by atoms with Crippen LogP contribution >= 0.6 is 0 Å². The molecule has 0 radical (unpaired) electrons. The largest absolute Gasteiger partial charge is 0.457 e. The number of aromatic amines is 1. The molecule has 94 valence electrons. The molecule has 0 bridgehead atoms. The van der Waals surface area contributed by atoms with Crippen LogP contribution in [0.2, 0.25) is 0 Å². The molecule has 2 aromatic heterocycles. The van der Waals surface area contributed by atoms with Gasteiger partial charge in [-0.2, -0.15) is 0 Å². The average molecular weight is 252 g/mol. The van der Waals surface area contributed by atoms with Crippen molar-refractivity contribution >= 4 is 16.9 Å². The molecule has 3 rings (SSSR count). The minimum Gasteiger partial charge on any atom is -0.457 e. The first-order valence-electron chi connectivity index (χ1n) is 5.97. The molecule has 0 aliphatic carbocycles. The SMILES string of the molecule is O=C(OCc1cccc2ncccc12)c1cc[nH]c1. The number of rotatable bonds is 3. The molecule has 3 aromatic rings. The summed E-state index contributed by atoms with van der Waals surface area (Å²) in [6, 6.07) is 11.3. The zero-order chi connectivity index (χ0) is 13.1. The summed E-state index contributed by atoms with van der Waals surface area (Å²) in [6.07, 6.45) is 5.06. The first-order valence-corrected chi connectivity index (χ1v) is 5.97. The second-order valence-electron chi connectivity index (χ2n) is 4.16. The highest BCUT2D eigenvalue weighted by atomic mass is 16.5. The summed E-state index contributed by atoms with van der Waals surface area (Å²) in [7, 11) is 0. The van der Waals surface area contributed by atoms with Crippen molar-refractivity contribution in [3.63, 3.8) is 0 Å². The number of nitrogens with one attached hydrogen (secondary N) is 1. The summed E-state index contributed by atoms with van der Waals surface area (Å²) >= 11 is 0. The van der Waals surface area contributed by atoms with Gasteiger partial charge >= 0.3 is 5.97 Å². The fraction of sp³-hybridized carbons (Fsp3) is 0.0667. The van der Waals surface area contributed by atoms with Crippen molar-refractivity contribution in [2.45, 2.75) is 6.61 Å². The maximum atomic E-state index is 11.8. The summed E-state index contributed by atoms with van der Waals surface area (Å²) in [6.45, 7) is 0.243. The Morgan fingerprint density at radius 3 is 3.00 bits per heavy atom. The molecule has 0 atom stereocenters. The van der Waals surface area contributed by atoms with Crippen LogP contribution in [0.15, 0.2) is 55.0 Å². The molecule has 0 saturated heterocycles. The lowest BCUT2D eigenvalue weighted by molar-refractivity contribution is 0.0474.